The molecular weight excluding hydrogens is 392 g/mol. The Hall–Kier alpha value is -4.26. The highest BCUT2D eigenvalue weighted by Crippen LogP contribution is 2.27. The zero-order valence-electron chi connectivity index (χ0n) is 16.9. The second-order valence-electron chi connectivity index (χ2n) is 6.79. The molecule has 0 spiro atoms. The molecule has 0 bridgehead atoms. The quantitative estimate of drug-likeness (QED) is 0.483. The van der Waals surface area contributed by atoms with Gasteiger partial charge in [0, 0.05) is 11.3 Å². The molecule has 0 saturated heterocycles. The van der Waals surface area contributed by atoms with Crippen molar-refractivity contribution >= 4 is 17.6 Å². The number of hydrogen-bond donors (Lipinski definition) is 1. The Morgan fingerprint density at radius 3 is 2.26 bits per heavy atom. The van der Waals surface area contributed by atoms with Crippen LogP contribution in [0.1, 0.15) is 16.2 Å². The molecule has 0 aliphatic heterocycles. The first-order valence-electron chi connectivity index (χ1n) is 9.72. The molecule has 7 nitrogen and oxygen atoms in total. The van der Waals surface area contributed by atoms with Crippen LogP contribution in [-0.2, 0) is 9.53 Å². The number of nitrogens with one attached hydrogen (secondary N) is 1. The van der Waals surface area contributed by atoms with E-state index in [0.29, 0.717) is 11.4 Å². The van der Waals surface area contributed by atoms with Crippen molar-refractivity contribution in [3.05, 3.63) is 96.3 Å². The second kappa shape index (κ2) is 9.04. The van der Waals surface area contributed by atoms with Crippen LogP contribution in [0.5, 0.6) is 0 Å². The fourth-order valence-corrected chi connectivity index (χ4v) is 3.09. The van der Waals surface area contributed by atoms with Gasteiger partial charge in [0.2, 0.25) is 0 Å². The van der Waals surface area contributed by atoms with E-state index in [2.05, 4.69) is 15.5 Å². The van der Waals surface area contributed by atoms with Gasteiger partial charge in [-0.05, 0) is 30.7 Å². The topological polar surface area (TPSA) is 86.1 Å². The fraction of sp³-hybridized carbons (Fsp3) is 0.0833. The number of nitrogens with zero attached hydrogens (tertiary/aromatic N) is 3. The number of amides is 1. The first-order chi connectivity index (χ1) is 15.1. The van der Waals surface area contributed by atoms with Gasteiger partial charge in [-0.2, -0.15) is 9.90 Å². The number of aryl methyl sites for hydroxylation is 1. The lowest BCUT2D eigenvalue weighted by atomic mass is 10.0. The standard InChI is InChI=1S/C24H20N4O3/c1-17-23(27-28(26-17)19-12-6-3-7-13-19)24(30)31-16-22(29)25-21-15-9-8-14-20(21)18-10-4-2-5-11-18/h2-15H,16H2,1H3,(H,25,29). The molecule has 154 valence electrons. The summed E-state index contributed by atoms with van der Waals surface area (Å²) in [6.07, 6.45) is 0. The van der Waals surface area contributed by atoms with Gasteiger partial charge in [-0.15, -0.1) is 5.10 Å². The van der Waals surface area contributed by atoms with E-state index in [0.717, 1.165) is 16.8 Å². The molecule has 3 aromatic carbocycles. The second-order valence-corrected chi connectivity index (χ2v) is 6.79. The van der Waals surface area contributed by atoms with E-state index >= 15 is 0 Å². The van der Waals surface area contributed by atoms with Crippen molar-refractivity contribution in [1.29, 1.82) is 0 Å². The van der Waals surface area contributed by atoms with Crippen molar-refractivity contribution in [2.24, 2.45) is 0 Å². The van der Waals surface area contributed by atoms with Crippen LogP contribution in [0.3, 0.4) is 0 Å². The van der Waals surface area contributed by atoms with E-state index in [4.69, 9.17) is 4.74 Å². The molecular formula is C24H20N4O3. The minimum atomic E-state index is -0.703. The molecule has 7 heteroatoms. The summed E-state index contributed by atoms with van der Waals surface area (Å²) in [5.74, 6) is -1.14. The molecule has 0 fully saturated rings. The third kappa shape index (κ3) is 4.67. The van der Waals surface area contributed by atoms with Crippen LogP contribution < -0.4 is 5.32 Å². The lowest BCUT2D eigenvalue weighted by Gasteiger charge is -2.11. The summed E-state index contributed by atoms with van der Waals surface area (Å²) in [5, 5.41) is 11.2. The number of para-hydroxylation sites is 2. The Bertz CT molecular complexity index is 1200. The molecule has 0 aliphatic carbocycles. The Balaban J connectivity index is 1.41. The lowest BCUT2D eigenvalue weighted by molar-refractivity contribution is -0.119. The maximum atomic E-state index is 12.4. The van der Waals surface area contributed by atoms with Gasteiger partial charge in [-0.3, -0.25) is 4.79 Å². The zero-order chi connectivity index (χ0) is 21.6. The molecule has 0 saturated carbocycles. The van der Waals surface area contributed by atoms with Crippen LogP contribution in [-0.4, -0.2) is 33.5 Å². The van der Waals surface area contributed by atoms with Crippen LogP contribution in [0.25, 0.3) is 16.8 Å². The Labute approximate surface area is 179 Å². The first-order valence-corrected chi connectivity index (χ1v) is 9.72. The molecule has 0 atom stereocenters. The molecule has 0 radical (unpaired) electrons. The highest BCUT2D eigenvalue weighted by molar-refractivity contribution is 5.98. The number of aromatic nitrogens is 3. The van der Waals surface area contributed by atoms with Crippen molar-refractivity contribution in [3.63, 3.8) is 0 Å². The molecule has 1 heterocycles. The van der Waals surface area contributed by atoms with E-state index in [1.807, 2.05) is 78.9 Å². The maximum absolute atomic E-state index is 12.4. The summed E-state index contributed by atoms with van der Waals surface area (Å²) >= 11 is 0. The summed E-state index contributed by atoms with van der Waals surface area (Å²) in [6.45, 7) is 1.23. The highest BCUT2D eigenvalue weighted by Gasteiger charge is 2.19. The third-order valence-electron chi connectivity index (χ3n) is 4.58. The van der Waals surface area contributed by atoms with Gasteiger partial charge in [0.1, 0.15) is 0 Å². The third-order valence-corrected chi connectivity index (χ3v) is 4.58. The predicted octanol–water partition coefficient (Wildman–Crippen LogP) is 4.04. The number of ether oxygens (including phenoxy) is 1. The zero-order valence-corrected chi connectivity index (χ0v) is 16.9. The summed E-state index contributed by atoms with van der Waals surface area (Å²) in [5.41, 5.74) is 3.71. The molecule has 4 rings (SSSR count). The number of carbonyl (C=O) groups is 2. The molecule has 0 aliphatic rings. The van der Waals surface area contributed by atoms with Gasteiger partial charge < -0.3 is 10.1 Å². The van der Waals surface area contributed by atoms with Gasteiger partial charge in [0.25, 0.3) is 5.91 Å². The molecule has 4 aromatic rings. The van der Waals surface area contributed by atoms with Gasteiger partial charge in [-0.25, -0.2) is 4.79 Å². The van der Waals surface area contributed by atoms with E-state index in [9.17, 15) is 9.59 Å². The maximum Gasteiger partial charge on any atom is 0.361 e. The SMILES string of the molecule is Cc1nn(-c2ccccc2)nc1C(=O)OCC(=O)Nc1ccccc1-c1ccccc1. The Morgan fingerprint density at radius 1 is 0.871 bits per heavy atom. The Morgan fingerprint density at radius 2 is 1.52 bits per heavy atom. The van der Waals surface area contributed by atoms with Crippen LogP contribution >= 0.6 is 0 Å². The van der Waals surface area contributed by atoms with Crippen LogP contribution in [0.15, 0.2) is 84.9 Å². The summed E-state index contributed by atoms with van der Waals surface area (Å²) < 4.78 is 5.17. The molecule has 1 N–H and O–H groups in total. The van der Waals surface area contributed by atoms with Crippen LogP contribution in [0.4, 0.5) is 5.69 Å². The Kier molecular flexibility index (Phi) is 5.84. The molecule has 1 amide bonds. The summed E-state index contributed by atoms with van der Waals surface area (Å²) in [6, 6.07) is 26.4. The van der Waals surface area contributed by atoms with Crippen LogP contribution in [0, 0.1) is 6.92 Å². The van der Waals surface area contributed by atoms with Crippen molar-refractivity contribution in [2.75, 3.05) is 11.9 Å². The predicted molar refractivity (Wildman–Crippen MR) is 117 cm³/mol. The van der Waals surface area contributed by atoms with E-state index in [-0.39, 0.29) is 5.69 Å². The van der Waals surface area contributed by atoms with Crippen molar-refractivity contribution in [3.8, 4) is 16.8 Å². The van der Waals surface area contributed by atoms with E-state index in [1.54, 1.807) is 13.0 Å². The number of hydrogen-bond acceptors (Lipinski definition) is 5. The summed E-state index contributed by atoms with van der Waals surface area (Å²) in [7, 11) is 0. The van der Waals surface area contributed by atoms with E-state index < -0.39 is 18.5 Å². The average molecular weight is 412 g/mol. The number of esters is 1. The minimum Gasteiger partial charge on any atom is -0.451 e. The van der Waals surface area contributed by atoms with Crippen LogP contribution in [0.2, 0.25) is 0 Å². The lowest BCUT2D eigenvalue weighted by Crippen LogP contribution is -2.21. The van der Waals surface area contributed by atoms with Gasteiger partial charge in [-0.1, -0.05) is 66.7 Å². The first kappa shape index (κ1) is 20.0. The number of carbonyl (C=O) groups excluding carboxylic acids is 2. The van der Waals surface area contributed by atoms with Crippen molar-refractivity contribution < 1.29 is 14.3 Å². The smallest absolute Gasteiger partial charge is 0.361 e. The average Bonchev–Trinajstić information content (AvgIpc) is 3.21. The fourth-order valence-electron chi connectivity index (χ4n) is 3.09. The highest BCUT2D eigenvalue weighted by atomic mass is 16.5. The number of rotatable bonds is 6. The van der Waals surface area contributed by atoms with Gasteiger partial charge >= 0.3 is 5.97 Å². The largest absolute Gasteiger partial charge is 0.451 e. The molecule has 31 heavy (non-hydrogen) atoms. The summed E-state index contributed by atoms with van der Waals surface area (Å²) in [4.78, 5) is 26.2. The monoisotopic (exact) mass is 412 g/mol. The van der Waals surface area contributed by atoms with Gasteiger partial charge in [0.05, 0.1) is 11.4 Å². The minimum absolute atomic E-state index is 0.0707. The molecule has 0 unspecified atom stereocenters. The van der Waals surface area contributed by atoms with Crippen molar-refractivity contribution in [1.82, 2.24) is 15.0 Å². The van der Waals surface area contributed by atoms with E-state index in [1.165, 1.54) is 4.80 Å². The normalized spacial score (nSPS) is 10.5. The number of anilines is 1. The molecule has 1 aromatic heterocycles. The van der Waals surface area contributed by atoms with Crippen molar-refractivity contribution in [2.45, 2.75) is 6.92 Å². The van der Waals surface area contributed by atoms with Gasteiger partial charge in [0.15, 0.2) is 12.3 Å². The number of benzene rings is 3.